The normalized spacial score (nSPS) is 33.9. The molecule has 110 valence electrons. The van der Waals surface area contributed by atoms with Crippen molar-refractivity contribution in [2.45, 2.75) is 32.6 Å². The first kappa shape index (κ1) is 13.5. The fraction of sp³-hybridized carbons (Fsp3) is 0.529. The van der Waals surface area contributed by atoms with E-state index in [1.807, 2.05) is 18.2 Å². The van der Waals surface area contributed by atoms with Crippen LogP contribution in [-0.4, -0.2) is 11.8 Å². The topological polar surface area (TPSA) is 37.4 Å². The molecule has 4 heteroatoms. The van der Waals surface area contributed by atoms with Crippen molar-refractivity contribution in [3.8, 4) is 0 Å². The Kier molecular flexibility index (Phi) is 3.00. The molecule has 0 unspecified atom stereocenters. The highest BCUT2D eigenvalue weighted by atomic mass is 79.9. The van der Waals surface area contributed by atoms with E-state index >= 15 is 0 Å². The molecule has 2 saturated carbocycles. The molecule has 0 radical (unpaired) electrons. The van der Waals surface area contributed by atoms with Crippen molar-refractivity contribution in [2.24, 2.45) is 23.7 Å². The highest BCUT2D eigenvalue weighted by Gasteiger charge is 2.61. The Hall–Kier alpha value is -1.16. The number of amides is 2. The van der Waals surface area contributed by atoms with Crippen molar-refractivity contribution in [1.82, 2.24) is 0 Å². The number of rotatable bonds is 2. The van der Waals surface area contributed by atoms with E-state index in [-0.39, 0.29) is 23.7 Å². The van der Waals surface area contributed by atoms with Crippen molar-refractivity contribution in [2.75, 3.05) is 4.90 Å². The maximum atomic E-state index is 12.8. The van der Waals surface area contributed by atoms with Crippen molar-refractivity contribution >= 4 is 33.4 Å². The summed E-state index contributed by atoms with van der Waals surface area (Å²) in [5, 5.41) is 0. The number of hydrogen-bond acceptors (Lipinski definition) is 2. The average Bonchev–Trinajstić information content (AvgIpc) is 3.14. The van der Waals surface area contributed by atoms with Gasteiger partial charge in [-0.3, -0.25) is 9.59 Å². The number of fused-ring (bicyclic) bond motifs is 5. The predicted octanol–water partition coefficient (Wildman–Crippen LogP) is 3.55. The molecule has 4 rings (SSSR count). The van der Waals surface area contributed by atoms with E-state index in [1.54, 1.807) is 0 Å². The third kappa shape index (κ3) is 1.78. The third-order valence-electron chi connectivity index (χ3n) is 5.59. The van der Waals surface area contributed by atoms with E-state index < -0.39 is 0 Å². The van der Waals surface area contributed by atoms with Gasteiger partial charge in [-0.15, -0.1) is 0 Å². The number of carbonyl (C=O) groups is 2. The van der Waals surface area contributed by atoms with E-state index in [9.17, 15) is 9.59 Å². The van der Waals surface area contributed by atoms with Gasteiger partial charge in [-0.1, -0.05) is 22.9 Å². The van der Waals surface area contributed by atoms with E-state index in [2.05, 4.69) is 22.9 Å². The lowest BCUT2D eigenvalue weighted by atomic mass is 9.81. The van der Waals surface area contributed by atoms with Gasteiger partial charge in [-0.05, 0) is 61.3 Å². The molecule has 2 bridgehead atoms. The van der Waals surface area contributed by atoms with E-state index in [0.29, 0.717) is 11.8 Å². The zero-order valence-corrected chi connectivity index (χ0v) is 13.6. The SMILES string of the molecule is CCc1cc(Br)ccc1N1C(=O)[C@@H]2[C@H]3CC[C@H](C3)[C@@H]2C1=O. The molecule has 3 nitrogen and oxygen atoms in total. The van der Waals surface area contributed by atoms with Crippen molar-refractivity contribution < 1.29 is 9.59 Å². The second-order valence-electron chi connectivity index (χ2n) is 6.52. The van der Waals surface area contributed by atoms with Gasteiger partial charge in [0.25, 0.3) is 0 Å². The summed E-state index contributed by atoms with van der Waals surface area (Å²) in [4.78, 5) is 27.2. The molecule has 4 atom stereocenters. The third-order valence-corrected chi connectivity index (χ3v) is 6.08. The number of carbonyl (C=O) groups excluding carboxylic acids is 2. The van der Waals surface area contributed by atoms with Crippen LogP contribution in [0.5, 0.6) is 0 Å². The Balaban J connectivity index is 1.77. The van der Waals surface area contributed by atoms with Gasteiger partial charge in [-0.25, -0.2) is 4.90 Å². The molecule has 21 heavy (non-hydrogen) atoms. The molecule has 3 fully saturated rings. The summed E-state index contributed by atoms with van der Waals surface area (Å²) in [5.41, 5.74) is 1.85. The second kappa shape index (κ2) is 4.67. The van der Waals surface area contributed by atoms with Gasteiger partial charge >= 0.3 is 0 Å². The zero-order chi connectivity index (χ0) is 14.7. The maximum Gasteiger partial charge on any atom is 0.237 e. The van der Waals surface area contributed by atoms with Crippen molar-refractivity contribution in [3.05, 3.63) is 28.2 Å². The fourth-order valence-corrected chi connectivity index (χ4v) is 5.11. The predicted molar refractivity (Wildman–Crippen MR) is 83.8 cm³/mol. The lowest BCUT2D eigenvalue weighted by Gasteiger charge is -2.20. The second-order valence-corrected chi connectivity index (χ2v) is 7.44. The van der Waals surface area contributed by atoms with Gasteiger partial charge in [-0.2, -0.15) is 0 Å². The molecule has 1 aliphatic heterocycles. The van der Waals surface area contributed by atoms with Crippen LogP contribution < -0.4 is 4.90 Å². The highest BCUT2D eigenvalue weighted by molar-refractivity contribution is 9.10. The number of halogens is 1. The molecule has 1 aromatic carbocycles. The first-order valence-corrected chi connectivity index (χ1v) is 8.57. The number of anilines is 1. The summed E-state index contributed by atoms with van der Waals surface area (Å²) < 4.78 is 0.988. The molecular weight excluding hydrogens is 330 g/mol. The Morgan fingerprint density at radius 2 is 1.76 bits per heavy atom. The average molecular weight is 348 g/mol. The summed E-state index contributed by atoms with van der Waals surface area (Å²) >= 11 is 3.47. The van der Waals surface area contributed by atoms with E-state index in [4.69, 9.17) is 0 Å². The lowest BCUT2D eigenvalue weighted by molar-refractivity contribution is -0.123. The van der Waals surface area contributed by atoms with E-state index in [0.717, 1.165) is 41.4 Å². The van der Waals surface area contributed by atoms with E-state index in [1.165, 1.54) is 4.90 Å². The summed E-state index contributed by atoms with van der Waals surface area (Å²) in [6.45, 7) is 2.06. The van der Waals surface area contributed by atoms with Gasteiger partial charge in [0.05, 0.1) is 17.5 Å². The van der Waals surface area contributed by atoms with Crippen LogP contribution in [0.25, 0.3) is 0 Å². The molecule has 0 spiro atoms. The number of benzene rings is 1. The standard InChI is InChI=1S/C17H18BrNO2/c1-2-9-8-12(18)5-6-13(9)19-16(20)14-10-3-4-11(7-10)15(14)17(19)21/h5-6,8,10-11,14-15H,2-4,7H2,1H3/t10-,11+,14+,15-. The number of hydrogen-bond donors (Lipinski definition) is 0. The molecule has 0 N–H and O–H groups in total. The van der Waals surface area contributed by atoms with Crippen LogP contribution in [0, 0.1) is 23.7 Å². The van der Waals surface area contributed by atoms with Gasteiger partial charge in [0, 0.05) is 4.47 Å². The Labute approximate surface area is 132 Å². The minimum Gasteiger partial charge on any atom is -0.274 e. The largest absolute Gasteiger partial charge is 0.274 e. The molecule has 2 amide bonds. The minimum absolute atomic E-state index is 0.0374. The number of nitrogens with zero attached hydrogens (tertiary/aromatic N) is 1. The zero-order valence-electron chi connectivity index (χ0n) is 12.0. The first-order valence-electron chi connectivity index (χ1n) is 7.78. The molecule has 3 aliphatic rings. The van der Waals surface area contributed by atoms with Crippen molar-refractivity contribution in [1.29, 1.82) is 0 Å². The Morgan fingerprint density at radius 1 is 1.14 bits per heavy atom. The van der Waals surface area contributed by atoms with Crippen LogP contribution in [0.1, 0.15) is 31.7 Å². The van der Waals surface area contributed by atoms with Crippen LogP contribution >= 0.6 is 15.9 Å². The lowest BCUT2D eigenvalue weighted by Crippen LogP contribution is -2.33. The highest BCUT2D eigenvalue weighted by Crippen LogP contribution is 2.56. The van der Waals surface area contributed by atoms with Gasteiger partial charge in [0.2, 0.25) is 11.8 Å². The van der Waals surface area contributed by atoms with Crippen LogP contribution in [0.3, 0.4) is 0 Å². The van der Waals surface area contributed by atoms with Crippen LogP contribution in [-0.2, 0) is 16.0 Å². The molecule has 2 aliphatic carbocycles. The smallest absolute Gasteiger partial charge is 0.237 e. The summed E-state index contributed by atoms with van der Waals surface area (Å²) in [6, 6.07) is 5.83. The van der Waals surface area contributed by atoms with Gasteiger partial charge in [0.15, 0.2) is 0 Å². The summed E-state index contributed by atoms with van der Waals surface area (Å²) in [5.74, 6) is 0.918. The number of imide groups is 1. The van der Waals surface area contributed by atoms with Crippen LogP contribution in [0.2, 0.25) is 0 Å². The van der Waals surface area contributed by atoms with Crippen LogP contribution in [0.15, 0.2) is 22.7 Å². The Morgan fingerprint density at radius 3 is 2.33 bits per heavy atom. The van der Waals surface area contributed by atoms with Crippen molar-refractivity contribution in [3.63, 3.8) is 0 Å². The van der Waals surface area contributed by atoms with Gasteiger partial charge in [0.1, 0.15) is 0 Å². The maximum absolute atomic E-state index is 12.8. The first-order chi connectivity index (χ1) is 10.1. The molecule has 1 aromatic rings. The molecular formula is C17H18BrNO2. The minimum atomic E-state index is -0.0374. The van der Waals surface area contributed by atoms with Crippen LogP contribution in [0.4, 0.5) is 5.69 Å². The summed E-state index contributed by atoms with van der Waals surface area (Å²) in [6.07, 6.45) is 4.15. The Bertz CT molecular complexity index is 614. The van der Waals surface area contributed by atoms with Gasteiger partial charge < -0.3 is 0 Å². The molecule has 0 aromatic heterocycles. The molecule has 1 heterocycles. The monoisotopic (exact) mass is 347 g/mol. The number of aryl methyl sites for hydroxylation is 1. The fourth-order valence-electron chi connectivity index (χ4n) is 4.70. The summed E-state index contributed by atoms with van der Waals surface area (Å²) in [7, 11) is 0. The molecule has 1 saturated heterocycles. The quantitative estimate of drug-likeness (QED) is 0.767.